The summed E-state index contributed by atoms with van der Waals surface area (Å²) in [6.07, 6.45) is 0.632. The first-order chi connectivity index (χ1) is 6.84. The second-order valence-electron chi connectivity index (χ2n) is 2.46. The predicted molar refractivity (Wildman–Crippen MR) is 46.6 cm³/mol. The molecule has 1 aliphatic rings. The van der Waals surface area contributed by atoms with Crippen molar-refractivity contribution in [2.24, 2.45) is 5.10 Å². The molecule has 0 saturated heterocycles. The minimum absolute atomic E-state index is 0.213. The summed E-state index contributed by atoms with van der Waals surface area (Å²) in [5.41, 5.74) is 1.51. The number of hydrazone groups is 1. The fourth-order valence-corrected chi connectivity index (χ4v) is 1.59. The molecule has 0 atom stereocenters. The third-order valence-corrected chi connectivity index (χ3v) is 2.47. The van der Waals surface area contributed by atoms with Crippen LogP contribution >= 0.6 is 0 Å². The molecule has 10 heteroatoms. The third-order valence-electron chi connectivity index (χ3n) is 1.47. The van der Waals surface area contributed by atoms with E-state index in [1.54, 1.807) is 0 Å². The van der Waals surface area contributed by atoms with Crippen LogP contribution in [0.25, 0.3) is 0 Å². The number of hydrazine groups is 1. The quantitative estimate of drug-likeness (QED) is 0.402. The Labute approximate surface area is 84.4 Å². The Morgan fingerprint density at radius 2 is 2.33 bits per heavy atom. The van der Waals surface area contributed by atoms with Gasteiger partial charge in [-0.2, -0.15) is 12.8 Å². The van der Waals surface area contributed by atoms with Crippen molar-refractivity contribution in [1.82, 2.24) is 15.1 Å². The molecule has 86 valence electrons. The lowest BCUT2D eigenvalue weighted by Gasteiger charge is -2.22. The molecule has 0 aromatic rings. The van der Waals surface area contributed by atoms with Crippen LogP contribution in [0.2, 0.25) is 0 Å². The second-order valence-corrected chi connectivity index (χ2v) is 3.80. The molecule has 0 unspecified atom stereocenters. The summed E-state index contributed by atoms with van der Waals surface area (Å²) >= 11 is 0. The van der Waals surface area contributed by atoms with Gasteiger partial charge < -0.3 is 0 Å². The lowest BCUT2D eigenvalue weighted by Crippen LogP contribution is -2.40. The summed E-state index contributed by atoms with van der Waals surface area (Å²) in [4.78, 5) is 0. The molecule has 0 spiro atoms. The molecule has 2 N–H and O–H groups in total. The van der Waals surface area contributed by atoms with Gasteiger partial charge in [0.05, 0.1) is 0 Å². The average Bonchev–Trinajstić information content (AvgIpc) is 1.99. The molecule has 0 fully saturated rings. The molecule has 0 saturated carbocycles. The number of amidine groups is 1. The van der Waals surface area contributed by atoms with Crippen molar-refractivity contribution in [1.29, 1.82) is 0 Å². The van der Waals surface area contributed by atoms with Gasteiger partial charge in [-0.05, 0) is 12.3 Å². The number of halogens is 2. The standard InChI is InChI=1S/C5H8F2N4O3S/c1-2-10(15(12,13)14)5-3-4(6)8-11(7)9-5/h3,8H,2H2,1H3,(H,12,13,14). The van der Waals surface area contributed by atoms with E-state index in [9.17, 15) is 17.3 Å². The van der Waals surface area contributed by atoms with E-state index in [0.29, 0.717) is 10.4 Å². The maximum atomic E-state index is 12.7. The minimum atomic E-state index is -4.59. The molecule has 15 heavy (non-hydrogen) atoms. The third kappa shape index (κ3) is 2.76. The zero-order chi connectivity index (χ0) is 11.6. The summed E-state index contributed by atoms with van der Waals surface area (Å²) in [6.45, 7) is 1.15. The first-order valence-electron chi connectivity index (χ1n) is 3.78. The van der Waals surface area contributed by atoms with Gasteiger partial charge in [-0.15, -0.1) is 5.10 Å². The number of hydrogen-bond acceptors (Lipinski definition) is 5. The Hall–Kier alpha value is -1.42. The maximum absolute atomic E-state index is 12.7. The van der Waals surface area contributed by atoms with Crippen LogP contribution in [0, 0.1) is 0 Å². The van der Waals surface area contributed by atoms with E-state index in [1.165, 1.54) is 12.3 Å². The van der Waals surface area contributed by atoms with Gasteiger partial charge in [-0.3, -0.25) is 4.55 Å². The lowest BCUT2D eigenvalue weighted by molar-refractivity contribution is -0.0287. The van der Waals surface area contributed by atoms with E-state index in [4.69, 9.17) is 4.55 Å². The van der Waals surface area contributed by atoms with Crippen LogP contribution in [-0.2, 0) is 10.3 Å². The Kier molecular flexibility index (Phi) is 3.09. The highest BCUT2D eigenvalue weighted by Crippen LogP contribution is 2.09. The molecule has 0 aromatic heterocycles. The van der Waals surface area contributed by atoms with E-state index >= 15 is 0 Å². The van der Waals surface area contributed by atoms with Crippen LogP contribution in [0.1, 0.15) is 6.92 Å². The van der Waals surface area contributed by atoms with Crippen molar-refractivity contribution < 1.29 is 21.8 Å². The number of rotatable bonds is 2. The molecule has 7 nitrogen and oxygen atoms in total. The van der Waals surface area contributed by atoms with Gasteiger partial charge in [0, 0.05) is 12.6 Å². The zero-order valence-electron chi connectivity index (χ0n) is 7.55. The molecular formula is C5H8F2N4O3S. The Morgan fingerprint density at radius 1 is 1.73 bits per heavy atom. The van der Waals surface area contributed by atoms with Crippen LogP contribution < -0.4 is 5.43 Å². The smallest absolute Gasteiger partial charge is 0.269 e. The molecule has 0 radical (unpaired) electrons. The summed E-state index contributed by atoms with van der Waals surface area (Å²) in [7, 11) is -4.59. The predicted octanol–water partition coefficient (Wildman–Crippen LogP) is -0.0598. The van der Waals surface area contributed by atoms with Gasteiger partial charge in [-0.25, -0.2) is 9.73 Å². The van der Waals surface area contributed by atoms with E-state index < -0.39 is 27.4 Å². The molecule has 1 aliphatic heterocycles. The molecule has 1 heterocycles. The zero-order valence-corrected chi connectivity index (χ0v) is 8.37. The van der Waals surface area contributed by atoms with Crippen LogP contribution in [0.5, 0.6) is 0 Å². The normalized spacial score (nSPS) is 16.7. The second kappa shape index (κ2) is 3.98. The Morgan fingerprint density at radius 3 is 2.73 bits per heavy atom. The van der Waals surface area contributed by atoms with E-state index in [-0.39, 0.29) is 6.54 Å². The molecule has 1 rings (SSSR count). The van der Waals surface area contributed by atoms with E-state index in [0.717, 1.165) is 0 Å². The van der Waals surface area contributed by atoms with Gasteiger partial charge >= 0.3 is 10.3 Å². The number of nitrogens with zero attached hydrogens (tertiary/aromatic N) is 3. The van der Waals surface area contributed by atoms with Crippen molar-refractivity contribution in [2.45, 2.75) is 6.92 Å². The summed E-state index contributed by atoms with van der Waals surface area (Å²) in [6, 6.07) is 0. The maximum Gasteiger partial charge on any atom is 0.361 e. The monoisotopic (exact) mass is 242 g/mol. The molecular weight excluding hydrogens is 234 g/mol. The van der Waals surface area contributed by atoms with Crippen LogP contribution in [0.4, 0.5) is 8.87 Å². The Bertz CT molecular complexity index is 407. The first-order valence-corrected chi connectivity index (χ1v) is 5.17. The van der Waals surface area contributed by atoms with Gasteiger partial charge in [0.15, 0.2) is 5.84 Å². The molecule has 0 bridgehead atoms. The van der Waals surface area contributed by atoms with E-state index in [2.05, 4.69) is 5.10 Å². The average molecular weight is 242 g/mol. The minimum Gasteiger partial charge on any atom is -0.269 e. The summed E-state index contributed by atoms with van der Waals surface area (Å²) < 4.78 is 55.7. The van der Waals surface area contributed by atoms with Gasteiger partial charge in [-0.1, -0.05) is 4.48 Å². The highest BCUT2D eigenvalue weighted by molar-refractivity contribution is 7.84. The highest BCUT2D eigenvalue weighted by atomic mass is 32.2. The first kappa shape index (κ1) is 11.7. The molecule has 0 amide bonds. The topological polar surface area (TPSA) is 85.2 Å². The number of likely N-dealkylation sites (N-methyl/N-ethyl adjacent to an activating group) is 1. The van der Waals surface area contributed by atoms with Gasteiger partial charge in [0.1, 0.15) is 0 Å². The summed E-state index contributed by atoms with van der Waals surface area (Å²) in [5.74, 6) is -1.71. The van der Waals surface area contributed by atoms with Crippen LogP contribution in [0.15, 0.2) is 17.1 Å². The fraction of sp³-hybridized carbons (Fsp3) is 0.400. The number of hydrogen-bond donors (Lipinski definition) is 2. The van der Waals surface area contributed by atoms with Crippen LogP contribution in [-0.4, -0.2) is 35.0 Å². The van der Waals surface area contributed by atoms with Crippen molar-refractivity contribution in [3.8, 4) is 0 Å². The van der Waals surface area contributed by atoms with Crippen molar-refractivity contribution in [3.05, 3.63) is 12.0 Å². The fourth-order valence-electron chi connectivity index (χ4n) is 0.943. The van der Waals surface area contributed by atoms with E-state index in [1.807, 2.05) is 0 Å². The largest absolute Gasteiger partial charge is 0.361 e. The highest BCUT2D eigenvalue weighted by Gasteiger charge is 2.24. The molecule has 0 aromatic carbocycles. The van der Waals surface area contributed by atoms with Gasteiger partial charge in [0.25, 0.3) is 0 Å². The SMILES string of the molecule is CCN(C1=NN(F)NC(F)=C1)S(=O)(=O)O. The Balaban J connectivity index is 3.06. The van der Waals surface area contributed by atoms with Crippen LogP contribution in [0.3, 0.4) is 0 Å². The van der Waals surface area contributed by atoms with Crippen molar-refractivity contribution in [3.63, 3.8) is 0 Å². The van der Waals surface area contributed by atoms with Gasteiger partial charge in [0.2, 0.25) is 5.95 Å². The van der Waals surface area contributed by atoms with Crippen molar-refractivity contribution in [2.75, 3.05) is 6.54 Å². The lowest BCUT2D eigenvalue weighted by atomic mass is 10.5. The molecule has 0 aliphatic carbocycles. The summed E-state index contributed by atoms with van der Waals surface area (Å²) in [5, 5.41) is 2.51. The van der Waals surface area contributed by atoms with Crippen molar-refractivity contribution >= 4 is 16.1 Å². The number of nitrogens with one attached hydrogen (secondary N) is 1.